The number of nitrogens with one attached hydrogen (secondary N) is 1. The fourth-order valence-electron chi connectivity index (χ4n) is 2.00. The van der Waals surface area contributed by atoms with E-state index >= 15 is 0 Å². The summed E-state index contributed by atoms with van der Waals surface area (Å²) in [5, 5.41) is 13.4. The van der Waals surface area contributed by atoms with Crippen molar-refractivity contribution in [3.05, 3.63) is 28.8 Å². The second kappa shape index (κ2) is 7.64. The monoisotopic (exact) mass is 314 g/mol. The first-order chi connectivity index (χ1) is 9.69. The van der Waals surface area contributed by atoms with Gasteiger partial charge < -0.3 is 20.1 Å². The SMILES string of the molecule is Cc1cc(Cl)ccc1OCC(=O)NCC(C)(O)CN(C)C. The molecule has 0 heterocycles. The highest BCUT2D eigenvalue weighted by molar-refractivity contribution is 6.30. The second-order valence-corrected chi connectivity index (χ2v) is 6.15. The predicted molar refractivity (Wildman–Crippen MR) is 83.9 cm³/mol. The van der Waals surface area contributed by atoms with Gasteiger partial charge >= 0.3 is 0 Å². The molecular weight excluding hydrogens is 292 g/mol. The highest BCUT2D eigenvalue weighted by Gasteiger charge is 2.22. The van der Waals surface area contributed by atoms with Crippen molar-refractivity contribution in [3.8, 4) is 5.75 Å². The number of carbonyl (C=O) groups is 1. The third-order valence-corrected chi connectivity index (χ3v) is 3.05. The molecule has 1 aromatic carbocycles. The van der Waals surface area contributed by atoms with Crippen LogP contribution in [-0.4, -0.2) is 55.3 Å². The quantitative estimate of drug-likeness (QED) is 0.800. The fourth-order valence-corrected chi connectivity index (χ4v) is 2.22. The van der Waals surface area contributed by atoms with E-state index in [1.54, 1.807) is 25.1 Å². The number of carbonyl (C=O) groups excluding carboxylic acids is 1. The number of nitrogens with zero attached hydrogens (tertiary/aromatic N) is 1. The molecule has 0 aliphatic rings. The van der Waals surface area contributed by atoms with Crippen molar-refractivity contribution >= 4 is 17.5 Å². The van der Waals surface area contributed by atoms with Gasteiger partial charge in [0.1, 0.15) is 5.75 Å². The highest BCUT2D eigenvalue weighted by atomic mass is 35.5. The van der Waals surface area contributed by atoms with Crippen LogP contribution in [0.2, 0.25) is 5.02 Å². The normalized spacial score (nSPS) is 13.9. The van der Waals surface area contributed by atoms with Gasteiger partial charge in [0, 0.05) is 18.1 Å². The van der Waals surface area contributed by atoms with Crippen LogP contribution >= 0.6 is 11.6 Å². The molecule has 2 N–H and O–H groups in total. The van der Waals surface area contributed by atoms with Gasteiger partial charge in [-0.2, -0.15) is 0 Å². The van der Waals surface area contributed by atoms with Gasteiger partial charge in [0.15, 0.2) is 6.61 Å². The minimum atomic E-state index is -0.977. The van der Waals surface area contributed by atoms with Crippen LogP contribution in [0.1, 0.15) is 12.5 Å². The first-order valence-electron chi connectivity index (χ1n) is 6.72. The molecule has 0 radical (unpaired) electrons. The molecule has 0 bridgehead atoms. The molecule has 1 unspecified atom stereocenters. The Morgan fingerprint density at radius 2 is 2.14 bits per heavy atom. The van der Waals surface area contributed by atoms with Gasteiger partial charge in [-0.15, -0.1) is 0 Å². The number of halogens is 1. The van der Waals surface area contributed by atoms with Gasteiger partial charge in [0.2, 0.25) is 0 Å². The minimum Gasteiger partial charge on any atom is -0.484 e. The Labute approximate surface area is 130 Å². The highest BCUT2D eigenvalue weighted by Crippen LogP contribution is 2.21. The van der Waals surface area contributed by atoms with Gasteiger partial charge in [-0.25, -0.2) is 0 Å². The van der Waals surface area contributed by atoms with Crippen molar-refractivity contribution in [1.29, 1.82) is 0 Å². The number of rotatable bonds is 7. The standard InChI is InChI=1S/C15H23ClN2O3/c1-11-7-12(16)5-6-13(11)21-8-14(19)17-9-15(2,20)10-18(3)4/h5-7,20H,8-10H2,1-4H3,(H,17,19). The van der Waals surface area contributed by atoms with Crippen molar-refractivity contribution in [2.75, 3.05) is 33.8 Å². The lowest BCUT2D eigenvalue weighted by atomic mass is 10.1. The van der Waals surface area contributed by atoms with Crippen LogP contribution in [0.15, 0.2) is 18.2 Å². The molecule has 1 rings (SSSR count). The minimum absolute atomic E-state index is 0.0967. The van der Waals surface area contributed by atoms with Crippen LogP contribution in [0.3, 0.4) is 0 Å². The molecule has 118 valence electrons. The van der Waals surface area contributed by atoms with E-state index in [-0.39, 0.29) is 19.1 Å². The maximum Gasteiger partial charge on any atom is 0.258 e. The largest absolute Gasteiger partial charge is 0.484 e. The number of likely N-dealkylation sites (N-methyl/N-ethyl adjacent to an activating group) is 1. The molecule has 0 fully saturated rings. The molecule has 0 saturated carbocycles. The number of hydrogen-bond acceptors (Lipinski definition) is 4. The Bertz CT molecular complexity index is 490. The van der Waals surface area contributed by atoms with Crippen LogP contribution in [0, 0.1) is 6.92 Å². The molecular formula is C15H23ClN2O3. The van der Waals surface area contributed by atoms with E-state index in [2.05, 4.69) is 5.32 Å². The van der Waals surface area contributed by atoms with Gasteiger partial charge in [-0.3, -0.25) is 4.79 Å². The Hall–Kier alpha value is -1.30. The molecule has 21 heavy (non-hydrogen) atoms. The average molecular weight is 315 g/mol. The van der Waals surface area contributed by atoms with E-state index in [0.29, 0.717) is 17.3 Å². The number of aryl methyl sites for hydroxylation is 1. The summed E-state index contributed by atoms with van der Waals surface area (Å²) < 4.78 is 5.44. The molecule has 0 saturated heterocycles. The van der Waals surface area contributed by atoms with Crippen LogP contribution in [0.5, 0.6) is 5.75 Å². The summed E-state index contributed by atoms with van der Waals surface area (Å²) >= 11 is 5.85. The maximum atomic E-state index is 11.7. The van der Waals surface area contributed by atoms with Crippen LogP contribution in [0.4, 0.5) is 0 Å². The van der Waals surface area contributed by atoms with Crippen molar-refractivity contribution in [2.45, 2.75) is 19.4 Å². The van der Waals surface area contributed by atoms with E-state index < -0.39 is 5.60 Å². The van der Waals surface area contributed by atoms with Gasteiger partial charge in [-0.05, 0) is 51.7 Å². The van der Waals surface area contributed by atoms with Crippen molar-refractivity contribution < 1.29 is 14.6 Å². The third kappa shape index (κ3) is 6.80. The van der Waals surface area contributed by atoms with Crippen LogP contribution < -0.4 is 10.1 Å². The smallest absolute Gasteiger partial charge is 0.258 e. The van der Waals surface area contributed by atoms with Gasteiger partial charge in [0.25, 0.3) is 5.91 Å². The predicted octanol–water partition coefficient (Wildman–Crippen LogP) is 1.46. The fraction of sp³-hybridized carbons (Fsp3) is 0.533. The molecule has 0 aromatic heterocycles. The summed E-state index contributed by atoms with van der Waals surface area (Å²) in [6.07, 6.45) is 0. The molecule has 0 aliphatic heterocycles. The molecule has 6 heteroatoms. The zero-order valence-electron chi connectivity index (χ0n) is 12.9. The summed E-state index contributed by atoms with van der Waals surface area (Å²) in [5.74, 6) is 0.345. The van der Waals surface area contributed by atoms with E-state index in [9.17, 15) is 9.90 Å². The third-order valence-electron chi connectivity index (χ3n) is 2.82. The van der Waals surface area contributed by atoms with Gasteiger partial charge in [-0.1, -0.05) is 11.6 Å². The van der Waals surface area contributed by atoms with E-state index in [1.165, 1.54) is 0 Å². The molecule has 0 spiro atoms. The Morgan fingerprint density at radius 3 is 2.71 bits per heavy atom. The van der Waals surface area contributed by atoms with Crippen molar-refractivity contribution in [1.82, 2.24) is 10.2 Å². The maximum absolute atomic E-state index is 11.7. The Balaban J connectivity index is 2.41. The zero-order valence-corrected chi connectivity index (χ0v) is 13.7. The van der Waals surface area contributed by atoms with E-state index in [4.69, 9.17) is 16.3 Å². The molecule has 1 amide bonds. The van der Waals surface area contributed by atoms with E-state index in [0.717, 1.165) is 5.56 Å². The van der Waals surface area contributed by atoms with Gasteiger partial charge in [0.05, 0.1) is 5.60 Å². The topological polar surface area (TPSA) is 61.8 Å². The lowest BCUT2D eigenvalue weighted by Gasteiger charge is -2.27. The number of hydrogen-bond donors (Lipinski definition) is 2. The first kappa shape index (κ1) is 17.8. The molecule has 5 nitrogen and oxygen atoms in total. The average Bonchev–Trinajstić information content (AvgIpc) is 2.34. The van der Waals surface area contributed by atoms with Crippen molar-refractivity contribution in [2.24, 2.45) is 0 Å². The molecule has 1 atom stereocenters. The number of benzene rings is 1. The van der Waals surface area contributed by atoms with Crippen LogP contribution in [0.25, 0.3) is 0 Å². The Morgan fingerprint density at radius 1 is 1.48 bits per heavy atom. The number of ether oxygens (including phenoxy) is 1. The second-order valence-electron chi connectivity index (χ2n) is 5.71. The number of amides is 1. The summed E-state index contributed by atoms with van der Waals surface area (Å²) in [4.78, 5) is 13.6. The molecule has 1 aromatic rings. The first-order valence-corrected chi connectivity index (χ1v) is 7.10. The lowest BCUT2D eigenvalue weighted by Crippen LogP contribution is -2.47. The lowest BCUT2D eigenvalue weighted by molar-refractivity contribution is -0.124. The summed E-state index contributed by atoms with van der Waals surface area (Å²) in [7, 11) is 3.73. The van der Waals surface area contributed by atoms with E-state index in [1.807, 2.05) is 25.9 Å². The Kier molecular flexibility index (Phi) is 6.45. The molecule has 0 aliphatic carbocycles. The number of aliphatic hydroxyl groups is 1. The summed E-state index contributed by atoms with van der Waals surface area (Å²) in [6, 6.07) is 5.22. The van der Waals surface area contributed by atoms with Crippen molar-refractivity contribution in [3.63, 3.8) is 0 Å². The van der Waals surface area contributed by atoms with Crippen LogP contribution in [-0.2, 0) is 4.79 Å². The summed E-state index contributed by atoms with van der Waals surface area (Å²) in [5.41, 5.74) is -0.107. The summed E-state index contributed by atoms with van der Waals surface area (Å²) in [6.45, 7) is 4.08. The zero-order chi connectivity index (χ0) is 16.0.